The molecule has 1 unspecified atom stereocenters. The summed E-state index contributed by atoms with van der Waals surface area (Å²) in [5, 5.41) is 7.80. The van der Waals surface area contributed by atoms with E-state index in [2.05, 4.69) is 50.0 Å². The molecule has 4 heteroatoms. The highest BCUT2D eigenvalue weighted by molar-refractivity contribution is 9.10. The van der Waals surface area contributed by atoms with E-state index >= 15 is 0 Å². The zero-order valence-corrected chi connectivity index (χ0v) is 12.1. The van der Waals surface area contributed by atoms with E-state index in [0.29, 0.717) is 0 Å². The largest absolute Gasteiger partial charge is 0.309 e. The van der Waals surface area contributed by atoms with Crippen molar-refractivity contribution in [3.8, 4) is 0 Å². The summed E-state index contributed by atoms with van der Waals surface area (Å²) in [7, 11) is 0. The topological polar surface area (TPSA) is 24.9 Å². The number of likely N-dealkylation sites (N-methyl/N-ethyl adjacent to an activating group) is 1. The zero-order valence-electron chi connectivity index (χ0n) is 9.69. The van der Waals surface area contributed by atoms with Crippen molar-refractivity contribution >= 4 is 27.3 Å². The molecule has 17 heavy (non-hydrogen) atoms. The van der Waals surface area contributed by atoms with E-state index in [9.17, 15) is 0 Å². The number of thiophene rings is 1. The van der Waals surface area contributed by atoms with Gasteiger partial charge in [0.1, 0.15) is 0 Å². The zero-order chi connectivity index (χ0) is 12.1. The van der Waals surface area contributed by atoms with Gasteiger partial charge < -0.3 is 5.32 Å². The summed E-state index contributed by atoms with van der Waals surface area (Å²) in [6.45, 7) is 3.06. The van der Waals surface area contributed by atoms with Gasteiger partial charge in [0.25, 0.3) is 0 Å². The molecule has 0 saturated carbocycles. The number of hydrogen-bond acceptors (Lipinski definition) is 3. The van der Waals surface area contributed by atoms with E-state index in [-0.39, 0.29) is 6.04 Å². The molecule has 2 nitrogen and oxygen atoms in total. The fourth-order valence-corrected chi connectivity index (χ4v) is 3.02. The first-order valence-electron chi connectivity index (χ1n) is 5.66. The lowest BCUT2D eigenvalue weighted by Gasteiger charge is -2.18. The highest BCUT2D eigenvalue weighted by atomic mass is 79.9. The Kier molecular flexibility index (Phi) is 4.71. The van der Waals surface area contributed by atoms with Crippen LogP contribution in [0.25, 0.3) is 0 Å². The Hall–Kier alpha value is -0.710. The molecule has 1 N–H and O–H groups in total. The van der Waals surface area contributed by atoms with Gasteiger partial charge >= 0.3 is 0 Å². The Morgan fingerprint density at radius 1 is 1.47 bits per heavy atom. The van der Waals surface area contributed by atoms with Crippen LogP contribution in [-0.4, -0.2) is 11.5 Å². The fraction of sp³-hybridized carbons (Fsp3) is 0.308. The molecule has 0 amide bonds. The van der Waals surface area contributed by atoms with Gasteiger partial charge in [-0.1, -0.05) is 6.92 Å². The average molecular weight is 311 g/mol. The fourth-order valence-electron chi connectivity index (χ4n) is 1.81. The molecule has 0 aliphatic carbocycles. The molecule has 0 fully saturated rings. The molecule has 90 valence electrons. The van der Waals surface area contributed by atoms with Gasteiger partial charge in [-0.2, -0.15) is 11.3 Å². The van der Waals surface area contributed by atoms with Crippen LogP contribution in [0.1, 0.15) is 24.2 Å². The Balaban J connectivity index is 2.20. The number of hydrogen-bond donors (Lipinski definition) is 1. The molecule has 2 aromatic heterocycles. The number of nitrogens with one attached hydrogen (secondary N) is 1. The second-order valence-corrected chi connectivity index (χ2v) is 5.45. The summed E-state index contributed by atoms with van der Waals surface area (Å²) in [5.74, 6) is 0. The van der Waals surface area contributed by atoms with Crippen molar-refractivity contribution in [2.24, 2.45) is 0 Å². The quantitative estimate of drug-likeness (QED) is 0.908. The van der Waals surface area contributed by atoms with E-state index < -0.39 is 0 Å². The molecule has 0 spiro atoms. The van der Waals surface area contributed by atoms with Gasteiger partial charge in [0.15, 0.2) is 0 Å². The standard InChI is InChI=1S/C13H15BrN2S/c1-2-15-12(8-10-5-7-17-9-10)13-11(14)4-3-6-16-13/h3-7,9,12,15H,2,8H2,1H3. The first-order chi connectivity index (χ1) is 8.31. The lowest BCUT2D eigenvalue weighted by atomic mass is 10.1. The van der Waals surface area contributed by atoms with E-state index in [1.807, 2.05) is 18.3 Å². The molecule has 0 aliphatic rings. The molecule has 1 atom stereocenters. The number of nitrogens with zero attached hydrogens (tertiary/aromatic N) is 1. The van der Waals surface area contributed by atoms with Gasteiger partial charge in [-0.05, 0) is 63.4 Å². The Labute approximate surface area is 114 Å². The molecule has 0 aromatic carbocycles. The van der Waals surface area contributed by atoms with Crippen molar-refractivity contribution in [3.05, 3.63) is 50.9 Å². The summed E-state index contributed by atoms with van der Waals surface area (Å²) in [6, 6.07) is 6.43. The highest BCUT2D eigenvalue weighted by Gasteiger charge is 2.15. The second-order valence-electron chi connectivity index (χ2n) is 3.82. The van der Waals surface area contributed by atoms with Crippen LogP contribution >= 0.6 is 27.3 Å². The summed E-state index contributed by atoms with van der Waals surface area (Å²) >= 11 is 5.31. The monoisotopic (exact) mass is 310 g/mol. The van der Waals surface area contributed by atoms with Gasteiger partial charge in [0.2, 0.25) is 0 Å². The summed E-state index contributed by atoms with van der Waals surface area (Å²) < 4.78 is 1.07. The maximum absolute atomic E-state index is 4.47. The Morgan fingerprint density at radius 3 is 3.00 bits per heavy atom. The minimum Gasteiger partial charge on any atom is -0.309 e. The maximum Gasteiger partial charge on any atom is 0.0718 e. The smallest absolute Gasteiger partial charge is 0.0718 e. The molecule has 2 aromatic rings. The number of pyridine rings is 1. The lowest BCUT2D eigenvalue weighted by Crippen LogP contribution is -2.24. The van der Waals surface area contributed by atoms with E-state index in [4.69, 9.17) is 0 Å². The van der Waals surface area contributed by atoms with Gasteiger partial charge in [-0.15, -0.1) is 0 Å². The molecule has 2 heterocycles. The molecule has 0 bridgehead atoms. The number of rotatable bonds is 5. The van der Waals surface area contributed by atoms with Crippen LogP contribution in [0, 0.1) is 0 Å². The van der Waals surface area contributed by atoms with Crippen LogP contribution in [-0.2, 0) is 6.42 Å². The predicted octanol–water partition coefficient (Wildman–Crippen LogP) is 3.80. The predicted molar refractivity (Wildman–Crippen MR) is 76.4 cm³/mol. The van der Waals surface area contributed by atoms with Gasteiger partial charge in [-0.3, -0.25) is 4.98 Å². The second kappa shape index (κ2) is 6.28. The minimum atomic E-state index is 0.269. The molecule has 0 aliphatic heterocycles. The third-order valence-electron chi connectivity index (χ3n) is 2.59. The molecule has 2 rings (SSSR count). The van der Waals surface area contributed by atoms with Crippen LogP contribution < -0.4 is 5.32 Å². The van der Waals surface area contributed by atoms with Crippen molar-refractivity contribution in [1.82, 2.24) is 10.3 Å². The number of halogens is 1. The lowest BCUT2D eigenvalue weighted by molar-refractivity contribution is 0.535. The van der Waals surface area contributed by atoms with Gasteiger partial charge in [-0.25, -0.2) is 0 Å². The molecular weight excluding hydrogens is 296 g/mol. The molecular formula is C13H15BrN2S. The van der Waals surface area contributed by atoms with Crippen molar-refractivity contribution in [1.29, 1.82) is 0 Å². The Bertz CT molecular complexity index is 456. The van der Waals surface area contributed by atoms with Crippen LogP contribution in [0.4, 0.5) is 0 Å². The Morgan fingerprint density at radius 2 is 2.35 bits per heavy atom. The third kappa shape index (κ3) is 3.37. The van der Waals surface area contributed by atoms with Crippen LogP contribution in [0.2, 0.25) is 0 Å². The van der Waals surface area contributed by atoms with Crippen molar-refractivity contribution in [2.45, 2.75) is 19.4 Å². The van der Waals surface area contributed by atoms with Crippen LogP contribution in [0.15, 0.2) is 39.6 Å². The summed E-state index contributed by atoms with van der Waals surface area (Å²) in [5.41, 5.74) is 2.44. The SMILES string of the molecule is CCNC(Cc1ccsc1)c1ncccc1Br. The average Bonchev–Trinajstić information content (AvgIpc) is 2.82. The van der Waals surface area contributed by atoms with E-state index in [1.165, 1.54) is 5.56 Å². The van der Waals surface area contributed by atoms with Crippen molar-refractivity contribution in [3.63, 3.8) is 0 Å². The van der Waals surface area contributed by atoms with E-state index in [1.54, 1.807) is 11.3 Å². The third-order valence-corrected chi connectivity index (χ3v) is 3.99. The van der Waals surface area contributed by atoms with Crippen LogP contribution in [0.5, 0.6) is 0 Å². The molecule has 0 radical (unpaired) electrons. The van der Waals surface area contributed by atoms with Gasteiger partial charge in [0, 0.05) is 10.7 Å². The van der Waals surface area contributed by atoms with E-state index in [0.717, 1.165) is 23.1 Å². The number of aromatic nitrogens is 1. The van der Waals surface area contributed by atoms with Crippen molar-refractivity contribution in [2.75, 3.05) is 6.54 Å². The first-order valence-corrected chi connectivity index (χ1v) is 7.39. The maximum atomic E-state index is 4.47. The van der Waals surface area contributed by atoms with Crippen LogP contribution in [0.3, 0.4) is 0 Å². The first kappa shape index (κ1) is 12.7. The minimum absolute atomic E-state index is 0.269. The molecule has 0 saturated heterocycles. The summed E-state index contributed by atoms with van der Waals surface area (Å²) in [4.78, 5) is 4.47. The van der Waals surface area contributed by atoms with Crippen molar-refractivity contribution < 1.29 is 0 Å². The summed E-state index contributed by atoms with van der Waals surface area (Å²) in [6.07, 6.45) is 2.82. The normalized spacial score (nSPS) is 12.6. The van der Waals surface area contributed by atoms with Gasteiger partial charge in [0.05, 0.1) is 11.7 Å². The highest BCUT2D eigenvalue weighted by Crippen LogP contribution is 2.24.